The number of aromatic nitrogens is 3. The minimum atomic E-state index is -0.0623. The lowest BCUT2D eigenvalue weighted by Gasteiger charge is -2.19. The van der Waals surface area contributed by atoms with E-state index in [0.717, 1.165) is 23.6 Å². The third kappa shape index (κ3) is 1.80. The van der Waals surface area contributed by atoms with E-state index in [2.05, 4.69) is 23.9 Å². The van der Waals surface area contributed by atoms with Crippen molar-refractivity contribution in [1.82, 2.24) is 14.6 Å². The smallest absolute Gasteiger partial charge is 0.157 e. The molecular formula is C12H18N4. The first kappa shape index (κ1) is 11.1. The van der Waals surface area contributed by atoms with Gasteiger partial charge in [0.05, 0.1) is 0 Å². The average molecular weight is 218 g/mol. The highest BCUT2D eigenvalue weighted by Crippen LogP contribution is 2.23. The minimum absolute atomic E-state index is 0.0623. The fourth-order valence-corrected chi connectivity index (χ4v) is 1.79. The second kappa shape index (κ2) is 3.87. The molecule has 2 N–H and O–H groups in total. The van der Waals surface area contributed by atoms with E-state index < -0.39 is 0 Å². The summed E-state index contributed by atoms with van der Waals surface area (Å²) in [5, 5.41) is 4.55. The maximum Gasteiger partial charge on any atom is 0.157 e. The summed E-state index contributed by atoms with van der Waals surface area (Å²) in [7, 11) is 0. The van der Waals surface area contributed by atoms with Gasteiger partial charge in [0.2, 0.25) is 0 Å². The molecule has 0 spiro atoms. The van der Waals surface area contributed by atoms with Crippen LogP contribution in [0.1, 0.15) is 31.8 Å². The van der Waals surface area contributed by atoms with E-state index in [1.807, 2.05) is 29.6 Å². The Morgan fingerprint density at radius 1 is 1.38 bits per heavy atom. The monoisotopic (exact) mass is 218 g/mol. The van der Waals surface area contributed by atoms with Gasteiger partial charge >= 0.3 is 0 Å². The van der Waals surface area contributed by atoms with Crippen LogP contribution in [-0.2, 0) is 5.41 Å². The molecule has 0 radical (unpaired) electrons. The van der Waals surface area contributed by atoms with Gasteiger partial charge in [-0.15, -0.1) is 0 Å². The predicted octanol–water partition coefficient (Wildman–Crippen LogP) is 1.66. The van der Waals surface area contributed by atoms with Crippen LogP contribution in [0.15, 0.2) is 18.2 Å². The van der Waals surface area contributed by atoms with Gasteiger partial charge < -0.3 is 5.73 Å². The van der Waals surface area contributed by atoms with Crippen molar-refractivity contribution in [2.75, 3.05) is 6.54 Å². The summed E-state index contributed by atoms with van der Waals surface area (Å²) >= 11 is 0. The van der Waals surface area contributed by atoms with Gasteiger partial charge in [0.1, 0.15) is 0 Å². The van der Waals surface area contributed by atoms with Crippen LogP contribution in [0.25, 0.3) is 5.65 Å². The molecule has 86 valence electrons. The molecule has 16 heavy (non-hydrogen) atoms. The van der Waals surface area contributed by atoms with Crippen molar-refractivity contribution in [1.29, 1.82) is 0 Å². The molecule has 2 heterocycles. The molecule has 2 rings (SSSR count). The van der Waals surface area contributed by atoms with Crippen LogP contribution in [0.2, 0.25) is 0 Å². The minimum Gasteiger partial charge on any atom is -0.330 e. The second-order valence-corrected chi connectivity index (χ2v) is 4.80. The van der Waals surface area contributed by atoms with Gasteiger partial charge in [-0.3, -0.25) is 0 Å². The third-order valence-electron chi connectivity index (χ3n) is 2.92. The number of nitrogens with two attached hydrogens (primary N) is 1. The van der Waals surface area contributed by atoms with Crippen LogP contribution in [0.4, 0.5) is 0 Å². The Labute approximate surface area is 95.5 Å². The number of nitrogens with zero attached hydrogens (tertiary/aromatic N) is 3. The van der Waals surface area contributed by atoms with Gasteiger partial charge in [-0.2, -0.15) is 5.10 Å². The Kier molecular flexibility index (Phi) is 2.68. The maximum atomic E-state index is 5.61. The van der Waals surface area contributed by atoms with Crippen molar-refractivity contribution in [2.24, 2.45) is 5.73 Å². The quantitative estimate of drug-likeness (QED) is 0.852. The summed E-state index contributed by atoms with van der Waals surface area (Å²) in [5.74, 6) is 0.868. The van der Waals surface area contributed by atoms with Crippen molar-refractivity contribution in [3.63, 3.8) is 0 Å². The normalized spacial score (nSPS) is 12.2. The summed E-state index contributed by atoms with van der Waals surface area (Å²) in [5.41, 5.74) is 7.55. The number of pyridine rings is 1. The van der Waals surface area contributed by atoms with Crippen LogP contribution in [0.5, 0.6) is 0 Å². The van der Waals surface area contributed by atoms with E-state index >= 15 is 0 Å². The van der Waals surface area contributed by atoms with Crippen molar-refractivity contribution >= 4 is 5.65 Å². The highest BCUT2D eigenvalue weighted by molar-refractivity contribution is 5.39. The molecule has 0 saturated carbocycles. The molecule has 0 aromatic carbocycles. The fraction of sp³-hybridized carbons (Fsp3) is 0.500. The lowest BCUT2D eigenvalue weighted by Crippen LogP contribution is -2.23. The molecule has 0 unspecified atom stereocenters. The van der Waals surface area contributed by atoms with Crippen molar-refractivity contribution in [3.8, 4) is 0 Å². The van der Waals surface area contributed by atoms with E-state index in [-0.39, 0.29) is 5.41 Å². The maximum absolute atomic E-state index is 5.61. The Morgan fingerprint density at radius 3 is 2.75 bits per heavy atom. The van der Waals surface area contributed by atoms with Gasteiger partial charge in [-0.25, -0.2) is 9.50 Å². The highest BCUT2D eigenvalue weighted by atomic mass is 15.3. The third-order valence-corrected chi connectivity index (χ3v) is 2.92. The summed E-state index contributed by atoms with van der Waals surface area (Å²) in [6, 6.07) is 6.00. The number of hydrogen-bond acceptors (Lipinski definition) is 3. The highest BCUT2D eigenvalue weighted by Gasteiger charge is 2.24. The van der Waals surface area contributed by atoms with Crippen LogP contribution in [-0.4, -0.2) is 21.1 Å². The van der Waals surface area contributed by atoms with Crippen molar-refractivity contribution in [2.45, 2.75) is 32.6 Å². The fourth-order valence-electron chi connectivity index (χ4n) is 1.79. The SMILES string of the molecule is Cc1cccc2nc(C(C)(C)CCN)nn12. The van der Waals surface area contributed by atoms with E-state index in [9.17, 15) is 0 Å². The zero-order chi connectivity index (χ0) is 11.8. The van der Waals surface area contributed by atoms with Gasteiger partial charge in [0.25, 0.3) is 0 Å². The Balaban J connectivity index is 2.51. The topological polar surface area (TPSA) is 56.2 Å². The Morgan fingerprint density at radius 2 is 2.12 bits per heavy atom. The van der Waals surface area contributed by atoms with E-state index in [1.165, 1.54) is 0 Å². The van der Waals surface area contributed by atoms with Crippen molar-refractivity contribution < 1.29 is 0 Å². The molecule has 0 fully saturated rings. The van der Waals surface area contributed by atoms with Gasteiger partial charge in [-0.1, -0.05) is 19.9 Å². The van der Waals surface area contributed by atoms with E-state index in [1.54, 1.807) is 0 Å². The van der Waals surface area contributed by atoms with Gasteiger partial charge in [0.15, 0.2) is 11.5 Å². The molecule has 4 heteroatoms. The Hall–Kier alpha value is -1.42. The first-order valence-electron chi connectivity index (χ1n) is 5.57. The Bertz CT molecular complexity index is 499. The number of fused-ring (bicyclic) bond motifs is 1. The molecule has 0 bridgehead atoms. The molecule has 0 aliphatic rings. The molecule has 0 saturated heterocycles. The molecule has 2 aromatic heterocycles. The van der Waals surface area contributed by atoms with Crippen LogP contribution in [0, 0.1) is 6.92 Å². The first-order chi connectivity index (χ1) is 7.54. The summed E-state index contributed by atoms with van der Waals surface area (Å²) in [6.45, 7) is 6.94. The predicted molar refractivity (Wildman–Crippen MR) is 64.4 cm³/mol. The zero-order valence-electron chi connectivity index (χ0n) is 10.1. The number of aryl methyl sites for hydroxylation is 1. The number of rotatable bonds is 3. The molecule has 0 aliphatic carbocycles. The van der Waals surface area contributed by atoms with E-state index in [4.69, 9.17) is 5.73 Å². The lowest BCUT2D eigenvalue weighted by atomic mass is 9.89. The largest absolute Gasteiger partial charge is 0.330 e. The van der Waals surface area contributed by atoms with E-state index in [0.29, 0.717) is 6.54 Å². The first-order valence-corrected chi connectivity index (χ1v) is 5.57. The molecule has 2 aromatic rings. The number of hydrogen-bond donors (Lipinski definition) is 1. The standard InChI is InChI=1S/C12H18N4/c1-9-5-4-6-10-14-11(15-16(9)10)12(2,3)7-8-13/h4-6H,7-8,13H2,1-3H3. The molecule has 0 amide bonds. The lowest BCUT2D eigenvalue weighted by molar-refractivity contribution is 0.457. The summed E-state index contributed by atoms with van der Waals surface area (Å²) < 4.78 is 1.88. The van der Waals surface area contributed by atoms with Crippen LogP contribution >= 0.6 is 0 Å². The zero-order valence-corrected chi connectivity index (χ0v) is 10.1. The molecule has 0 aliphatic heterocycles. The van der Waals surface area contributed by atoms with Crippen molar-refractivity contribution in [3.05, 3.63) is 29.7 Å². The summed E-state index contributed by atoms with van der Waals surface area (Å²) in [4.78, 5) is 4.56. The van der Waals surface area contributed by atoms with Gasteiger partial charge in [-0.05, 0) is 32.0 Å². The summed E-state index contributed by atoms with van der Waals surface area (Å²) in [6.07, 6.45) is 0.892. The van der Waals surface area contributed by atoms with Crippen LogP contribution in [0.3, 0.4) is 0 Å². The second-order valence-electron chi connectivity index (χ2n) is 4.80. The molecule has 0 atom stereocenters. The molecule has 4 nitrogen and oxygen atoms in total. The van der Waals surface area contributed by atoms with Crippen LogP contribution < -0.4 is 5.73 Å². The molecular weight excluding hydrogens is 200 g/mol. The van der Waals surface area contributed by atoms with Gasteiger partial charge in [0, 0.05) is 11.1 Å². The average Bonchev–Trinajstić information content (AvgIpc) is 2.63.